The van der Waals surface area contributed by atoms with Crippen LogP contribution in [0.4, 0.5) is 0 Å². The molecule has 0 aromatic heterocycles. The third kappa shape index (κ3) is 3.06. The van der Waals surface area contributed by atoms with Gasteiger partial charge in [0.1, 0.15) is 5.84 Å². The monoisotopic (exact) mass is 143 g/mol. The molecule has 4 heteroatoms. The predicted octanol–water partition coefficient (Wildman–Crippen LogP) is -0.0304. The molecule has 4 nitrogen and oxygen atoms in total. The summed E-state index contributed by atoms with van der Waals surface area (Å²) in [6.45, 7) is 1.77. The minimum absolute atomic E-state index is 0.681. The van der Waals surface area contributed by atoms with Crippen LogP contribution in [0.2, 0.25) is 0 Å². The summed E-state index contributed by atoms with van der Waals surface area (Å²) < 4.78 is 0. The molecule has 0 spiro atoms. The molecule has 0 saturated carbocycles. The van der Waals surface area contributed by atoms with Gasteiger partial charge in [0.25, 0.3) is 0 Å². The highest BCUT2D eigenvalue weighted by molar-refractivity contribution is 5.88. The van der Waals surface area contributed by atoms with Crippen LogP contribution in [0.25, 0.3) is 0 Å². The summed E-state index contributed by atoms with van der Waals surface area (Å²) in [5, 5.41) is 5.64. The maximum absolute atomic E-state index is 10.2. The Kier molecular flexibility index (Phi) is 3.46. The summed E-state index contributed by atoms with van der Waals surface area (Å²) >= 11 is 0. The van der Waals surface area contributed by atoms with Crippen LogP contribution in [-0.2, 0) is 4.79 Å². The van der Waals surface area contributed by atoms with Crippen molar-refractivity contribution in [3.63, 3.8) is 0 Å². The molecule has 0 aliphatic heterocycles. The minimum atomic E-state index is 0.681. The van der Waals surface area contributed by atoms with Crippen molar-refractivity contribution in [3.05, 3.63) is 0 Å². The molecule has 0 N–H and O–H groups in total. The lowest BCUT2D eigenvalue weighted by Gasteiger charge is -2.12. The molecule has 0 aromatic carbocycles. The van der Waals surface area contributed by atoms with Crippen LogP contribution in [0, 0.1) is 0 Å². The van der Waals surface area contributed by atoms with E-state index in [2.05, 4.69) is 5.10 Å². The zero-order valence-electron chi connectivity index (χ0n) is 6.83. The number of amides is 1. The van der Waals surface area contributed by atoms with Crippen LogP contribution >= 0.6 is 0 Å². The van der Waals surface area contributed by atoms with Gasteiger partial charge in [-0.1, -0.05) is 0 Å². The second kappa shape index (κ2) is 3.87. The Balaban J connectivity index is 4.04. The molecule has 10 heavy (non-hydrogen) atoms. The lowest BCUT2D eigenvalue weighted by molar-refractivity contribution is -0.114. The summed E-state index contributed by atoms with van der Waals surface area (Å²) in [6.07, 6.45) is 0.725. The largest absolute Gasteiger partial charge is 0.305 e. The summed E-state index contributed by atoms with van der Waals surface area (Å²) in [7, 11) is 5.28. The Labute approximate surface area is 61.1 Å². The maximum Gasteiger partial charge on any atom is 0.214 e. The van der Waals surface area contributed by atoms with Crippen LogP contribution in [0.3, 0.4) is 0 Å². The van der Waals surface area contributed by atoms with E-state index in [0.717, 1.165) is 6.41 Å². The van der Waals surface area contributed by atoms with Gasteiger partial charge in [-0.25, -0.2) is 0 Å². The van der Waals surface area contributed by atoms with Gasteiger partial charge in [0.2, 0.25) is 6.41 Å². The van der Waals surface area contributed by atoms with Crippen molar-refractivity contribution < 1.29 is 4.79 Å². The molecule has 0 aliphatic rings. The molecule has 0 atom stereocenters. The molecule has 0 saturated heterocycles. The van der Waals surface area contributed by atoms with Gasteiger partial charge in [0.05, 0.1) is 0 Å². The molecule has 0 radical (unpaired) electrons. The fraction of sp³-hybridized carbons (Fsp3) is 0.667. The summed E-state index contributed by atoms with van der Waals surface area (Å²) in [5.41, 5.74) is 0. The molecule has 0 fully saturated rings. The van der Waals surface area contributed by atoms with Crippen molar-refractivity contribution in [3.8, 4) is 0 Å². The molecule has 0 bridgehead atoms. The fourth-order valence-electron chi connectivity index (χ4n) is 0.436. The van der Waals surface area contributed by atoms with Crippen LogP contribution in [0.1, 0.15) is 6.92 Å². The number of hydrazone groups is 1. The highest BCUT2D eigenvalue weighted by Crippen LogP contribution is 1.84. The Morgan fingerprint density at radius 1 is 1.40 bits per heavy atom. The lowest BCUT2D eigenvalue weighted by Crippen LogP contribution is -2.24. The number of carbonyl (C=O) groups is 1. The van der Waals surface area contributed by atoms with E-state index in [1.807, 2.05) is 14.1 Å². The van der Waals surface area contributed by atoms with Gasteiger partial charge in [0.15, 0.2) is 0 Å². The van der Waals surface area contributed by atoms with Gasteiger partial charge in [-0.05, 0) is 6.92 Å². The number of nitrogens with zero attached hydrogens (tertiary/aromatic N) is 3. The highest BCUT2D eigenvalue weighted by Gasteiger charge is 1.96. The van der Waals surface area contributed by atoms with Crippen molar-refractivity contribution in [1.82, 2.24) is 9.91 Å². The van der Waals surface area contributed by atoms with Crippen molar-refractivity contribution in [2.45, 2.75) is 6.92 Å². The topological polar surface area (TPSA) is 35.9 Å². The smallest absolute Gasteiger partial charge is 0.214 e. The zero-order chi connectivity index (χ0) is 8.15. The first-order chi connectivity index (χ1) is 4.57. The molecular weight excluding hydrogens is 130 g/mol. The van der Waals surface area contributed by atoms with E-state index in [-0.39, 0.29) is 0 Å². The van der Waals surface area contributed by atoms with E-state index in [4.69, 9.17) is 0 Å². The van der Waals surface area contributed by atoms with Gasteiger partial charge in [-0.2, -0.15) is 5.10 Å². The van der Waals surface area contributed by atoms with Crippen LogP contribution in [0.15, 0.2) is 5.10 Å². The van der Waals surface area contributed by atoms with Gasteiger partial charge in [-0.3, -0.25) is 4.79 Å². The molecule has 58 valence electrons. The summed E-state index contributed by atoms with van der Waals surface area (Å²) in [5.74, 6) is 0.681. The first-order valence-corrected chi connectivity index (χ1v) is 2.98. The van der Waals surface area contributed by atoms with Crippen molar-refractivity contribution >= 4 is 12.2 Å². The summed E-state index contributed by atoms with van der Waals surface area (Å²) in [6, 6.07) is 0. The minimum Gasteiger partial charge on any atom is -0.305 e. The Bertz CT molecular complexity index is 142. The molecular formula is C6H13N3O. The zero-order valence-corrected chi connectivity index (χ0v) is 6.83. The third-order valence-corrected chi connectivity index (χ3v) is 1.01. The fourth-order valence-corrected chi connectivity index (χ4v) is 0.436. The Hall–Kier alpha value is -1.06. The number of hydrogen-bond donors (Lipinski definition) is 0. The van der Waals surface area contributed by atoms with E-state index < -0.39 is 0 Å². The first-order valence-electron chi connectivity index (χ1n) is 2.98. The Morgan fingerprint density at radius 2 is 1.90 bits per heavy atom. The summed E-state index contributed by atoms with van der Waals surface area (Å²) in [4.78, 5) is 11.6. The van der Waals surface area contributed by atoms with Crippen molar-refractivity contribution in [2.24, 2.45) is 5.10 Å². The van der Waals surface area contributed by atoms with Crippen LogP contribution < -0.4 is 0 Å². The van der Waals surface area contributed by atoms with Gasteiger partial charge >= 0.3 is 0 Å². The number of carbonyl (C=O) groups excluding carboxylic acids is 1. The lowest BCUT2D eigenvalue weighted by atomic mass is 10.6. The number of rotatable bonds is 2. The Morgan fingerprint density at radius 3 is 2.20 bits per heavy atom. The van der Waals surface area contributed by atoms with Crippen LogP contribution in [-0.4, -0.2) is 43.3 Å². The maximum atomic E-state index is 10.2. The van der Waals surface area contributed by atoms with Crippen molar-refractivity contribution in [2.75, 3.05) is 21.1 Å². The third-order valence-electron chi connectivity index (χ3n) is 1.01. The molecule has 0 aromatic rings. The quantitative estimate of drug-likeness (QED) is 0.235. The predicted molar refractivity (Wildman–Crippen MR) is 40.6 cm³/mol. The highest BCUT2D eigenvalue weighted by atomic mass is 16.1. The second-order valence-electron chi connectivity index (χ2n) is 2.21. The molecule has 0 unspecified atom stereocenters. The standard InChI is InChI=1S/C6H13N3O/c1-6(7-8(2)3)9(4)5-10/h5H,1-4H3/b7-6-. The van der Waals surface area contributed by atoms with Gasteiger partial charge < -0.3 is 9.91 Å². The van der Waals surface area contributed by atoms with E-state index in [1.165, 1.54) is 4.90 Å². The van der Waals surface area contributed by atoms with E-state index in [9.17, 15) is 4.79 Å². The second-order valence-corrected chi connectivity index (χ2v) is 2.21. The van der Waals surface area contributed by atoms with E-state index in [0.29, 0.717) is 5.84 Å². The van der Waals surface area contributed by atoms with E-state index in [1.54, 1.807) is 19.0 Å². The number of hydrogen-bond acceptors (Lipinski definition) is 3. The van der Waals surface area contributed by atoms with E-state index >= 15 is 0 Å². The average molecular weight is 143 g/mol. The molecule has 0 rings (SSSR count). The van der Waals surface area contributed by atoms with Crippen molar-refractivity contribution in [1.29, 1.82) is 0 Å². The van der Waals surface area contributed by atoms with Gasteiger partial charge in [0, 0.05) is 21.1 Å². The molecule has 0 aliphatic carbocycles. The van der Waals surface area contributed by atoms with Gasteiger partial charge in [-0.15, -0.1) is 0 Å². The molecule has 0 heterocycles. The first kappa shape index (κ1) is 8.94. The average Bonchev–Trinajstić information content (AvgIpc) is 1.85. The molecule has 1 amide bonds. The SMILES string of the molecule is C/C(=N/N(C)C)N(C)C=O. The normalized spacial score (nSPS) is 11.0. The van der Waals surface area contributed by atoms with Crippen LogP contribution in [0.5, 0.6) is 0 Å². The number of amidine groups is 1.